The molecule has 0 spiro atoms. The van der Waals surface area contributed by atoms with Crippen LogP contribution in [0.5, 0.6) is 5.75 Å². The van der Waals surface area contributed by atoms with E-state index in [0.29, 0.717) is 38.9 Å². The maximum absolute atomic E-state index is 14.2. The third kappa shape index (κ3) is 4.08. The van der Waals surface area contributed by atoms with Crippen LogP contribution < -0.4 is 4.74 Å². The Bertz CT molecular complexity index is 1120. The van der Waals surface area contributed by atoms with Crippen LogP contribution in [0.3, 0.4) is 0 Å². The van der Waals surface area contributed by atoms with E-state index in [1.165, 1.54) is 19.2 Å². The van der Waals surface area contributed by atoms with Crippen molar-refractivity contribution in [2.24, 2.45) is 0 Å². The topological polar surface area (TPSA) is 99.4 Å². The van der Waals surface area contributed by atoms with Gasteiger partial charge in [-0.05, 0) is 40.6 Å². The fraction of sp³-hybridized carbons (Fsp3) is 0.333. The van der Waals surface area contributed by atoms with Gasteiger partial charge in [-0.25, -0.2) is 4.39 Å². The van der Waals surface area contributed by atoms with Crippen LogP contribution in [0.25, 0.3) is 10.8 Å². The van der Waals surface area contributed by atoms with Crippen molar-refractivity contribution in [2.45, 2.75) is 36.9 Å². The predicted molar refractivity (Wildman–Crippen MR) is 117 cm³/mol. The van der Waals surface area contributed by atoms with Gasteiger partial charge in [-0.15, -0.1) is 0 Å². The number of halogens is 2. The number of fused-ring (bicyclic) bond motifs is 1. The van der Waals surface area contributed by atoms with Crippen molar-refractivity contribution in [3.8, 4) is 5.75 Å². The molecule has 170 valence electrons. The molecule has 0 radical (unpaired) electrons. The fourth-order valence-electron chi connectivity index (χ4n) is 4.19. The molecule has 3 aromatic rings. The molecule has 6 nitrogen and oxygen atoms in total. The van der Waals surface area contributed by atoms with Gasteiger partial charge < -0.3 is 29.9 Å². The van der Waals surface area contributed by atoms with E-state index >= 15 is 0 Å². The lowest BCUT2D eigenvalue weighted by Crippen LogP contribution is -2.55. The Labute approximate surface area is 189 Å². The summed E-state index contributed by atoms with van der Waals surface area (Å²) in [5.74, 6) is -0.351. The lowest BCUT2D eigenvalue weighted by Gasteiger charge is -2.40. The van der Waals surface area contributed by atoms with Crippen molar-refractivity contribution in [1.29, 1.82) is 0 Å². The van der Waals surface area contributed by atoms with Gasteiger partial charge in [-0.1, -0.05) is 48.0 Å². The Hall–Kier alpha value is -2.26. The summed E-state index contributed by atoms with van der Waals surface area (Å²) in [4.78, 5) is 0. The van der Waals surface area contributed by atoms with Crippen LogP contribution in [0.2, 0.25) is 5.02 Å². The van der Waals surface area contributed by atoms with Gasteiger partial charge in [-0.3, -0.25) is 0 Å². The van der Waals surface area contributed by atoms with Crippen molar-refractivity contribution in [2.75, 3.05) is 13.7 Å². The molecule has 0 aliphatic carbocycles. The Morgan fingerprint density at radius 2 is 1.72 bits per heavy atom. The van der Waals surface area contributed by atoms with Gasteiger partial charge in [0, 0.05) is 5.39 Å². The summed E-state index contributed by atoms with van der Waals surface area (Å²) in [6.45, 7) is -0.523. The van der Waals surface area contributed by atoms with E-state index in [1.807, 2.05) is 24.3 Å². The van der Waals surface area contributed by atoms with Crippen molar-refractivity contribution in [3.05, 3.63) is 76.1 Å². The van der Waals surface area contributed by atoms with Gasteiger partial charge in [0.05, 0.1) is 18.7 Å². The van der Waals surface area contributed by atoms with Crippen molar-refractivity contribution >= 4 is 22.4 Å². The van der Waals surface area contributed by atoms with Crippen molar-refractivity contribution in [3.63, 3.8) is 0 Å². The second-order valence-corrected chi connectivity index (χ2v) is 8.26. The van der Waals surface area contributed by atoms with Gasteiger partial charge in [-0.2, -0.15) is 0 Å². The number of aliphatic hydroxyl groups is 4. The number of ether oxygens (including phenoxy) is 2. The first-order chi connectivity index (χ1) is 15.3. The Morgan fingerprint density at radius 1 is 1.00 bits per heavy atom. The summed E-state index contributed by atoms with van der Waals surface area (Å²) in [7, 11) is 1.39. The highest BCUT2D eigenvalue weighted by Gasteiger charge is 2.44. The second kappa shape index (κ2) is 9.31. The van der Waals surface area contributed by atoms with E-state index < -0.39 is 42.9 Å². The molecule has 0 unspecified atom stereocenters. The Balaban J connectivity index is 1.81. The minimum Gasteiger partial charge on any atom is -0.494 e. The number of rotatable bonds is 5. The number of aliphatic hydroxyl groups excluding tert-OH is 4. The Morgan fingerprint density at radius 3 is 2.38 bits per heavy atom. The molecule has 0 bridgehead atoms. The normalized spacial score (nSPS) is 25.8. The van der Waals surface area contributed by atoms with Gasteiger partial charge in [0.25, 0.3) is 0 Å². The quantitative estimate of drug-likeness (QED) is 0.465. The number of benzene rings is 3. The maximum atomic E-state index is 14.2. The molecule has 1 heterocycles. The van der Waals surface area contributed by atoms with Crippen molar-refractivity contribution < 1.29 is 34.3 Å². The highest BCUT2D eigenvalue weighted by atomic mass is 35.5. The molecular weight excluding hydrogens is 439 g/mol. The zero-order valence-corrected chi connectivity index (χ0v) is 18.0. The molecule has 0 aromatic heterocycles. The highest BCUT2D eigenvalue weighted by Crippen LogP contribution is 2.40. The molecule has 8 heteroatoms. The van der Waals surface area contributed by atoms with Crippen molar-refractivity contribution in [1.82, 2.24) is 0 Å². The Kier molecular flexibility index (Phi) is 6.67. The minimum absolute atomic E-state index is 0.139. The molecule has 3 aromatic carbocycles. The highest BCUT2D eigenvalue weighted by molar-refractivity contribution is 6.36. The molecule has 1 aliphatic heterocycles. The maximum Gasteiger partial charge on any atom is 0.165 e. The molecule has 4 N–H and O–H groups in total. The monoisotopic (exact) mass is 462 g/mol. The van der Waals surface area contributed by atoms with E-state index in [1.54, 1.807) is 12.1 Å². The van der Waals surface area contributed by atoms with E-state index in [9.17, 15) is 24.8 Å². The number of hydrogen-bond acceptors (Lipinski definition) is 6. The van der Waals surface area contributed by atoms with Crippen LogP contribution in [-0.4, -0.2) is 58.6 Å². The summed E-state index contributed by atoms with van der Waals surface area (Å²) in [6, 6.07) is 13.7. The molecule has 5 atom stereocenters. The van der Waals surface area contributed by atoms with Crippen LogP contribution in [0, 0.1) is 5.82 Å². The summed E-state index contributed by atoms with van der Waals surface area (Å²) < 4.78 is 25.0. The zero-order chi connectivity index (χ0) is 23.0. The molecule has 4 rings (SSSR count). The lowest BCUT2D eigenvalue weighted by molar-refractivity contribution is -0.231. The SMILES string of the molecule is COc1ccc(Cc2cc([C@@H]3O[C@H](CO)[C@@H](O)[C@H](O)[C@H]3O)c3ccccc3c2Cl)cc1F. The van der Waals surface area contributed by atoms with Crippen LogP contribution in [-0.2, 0) is 11.2 Å². The summed E-state index contributed by atoms with van der Waals surface area (Å²) in [5, 5.41) is 42.5. The van der Waals surface area contributed by atoms with Crippen LogP contribution in [0.1, 0.15) is 22.8 Å². The first kappa shape index (κ1) is 22.9. The van der Waals surface area contributed by atoms with Gasteiger partial charge in [0.1, 0.15) is 30.5 Å². The number of methoxy groups -OCH3 is 1. The smallest absolute Gasteiger partial charge is 0.165 e. The minimum atomic E-state index is -1.50. The number of hydrogen-bond donors (Lipinski definition) is 4. The third-order valence-electron chi connectivity index (χ3n) is 5.90. The standard InChI is InChI=1S/C24H24ClFO6/c1-31-18-7-6-12(9-17(18)26)8-13-10-16(14-4-2-3-5-15(14)20(13)25)24-23(30)22(29)21(28)19(11-27)32-24/h2-7,9-10,19,21-24,27-30H,8,11H2,1H3/t19-,21-,22+,23-,24+/m1/s1. The molecule has 1 aliphatic rings. The van der Waals surface area contributed by atoms with Crippen LogP contribution in [0.4, 0.5) is 4.39 Å². The van der Waals surface area contributed by atoms with E-state index in [4.69, 9.17) is 21.1 Å². The van der Waals surface area contributed by atoms with E-state index in [2.05, 4.69) is 0 Å². The second-order valence-electron chi connectivity index (χ2n) is 7.88. The molecule has 1 fully saturated rings. The average molecular weight is 463 g/mol. The molecule has 32 heavy (non-hydrogen) atoms. The van der Waals surface area contributed by atoms with Crippen LogP contribution in [0.15, 0.2) is 48.5 Å². The summed E-state index contributed by atoms with van der Waals surface area (Å²) in [5.41, 5.74) is 1.88. The van der Waals surface area contributed by atoms with Crippen LogP contribution >= 0.6 is 11.6 Å². The summed E-state index contributed by atoms with van der Waals surface area (Å²) >= 11 is 6.69. The van der Waals surface area contributed by atoms with Gasteiger partial charge >= 0.3 is 0 Å². The summed E-state index contributed by atoms with van der Waals surface area (Å²) in [6.07, 6.45) is -6.13. The molecule has 0 amide bonds. The molecular formula is C24H24ClFO6. The molecule has 0 saturated carbocycles. The third-order valence-corrected chi connectivity index (χ3v) is 6.34. The predicted octanol–water partition coefficient (Wildman–Crippen LogP) is 2.75. The fourth-order valence-corrected chi connectivity index (χ4v) is 4.48. The molecule has 1 saturated heterocycles. The van der Waals surface area contributed by atoms with Gasteiger partial charge in [0.2, 0.25) is 0 Å². The van der Waals surface area contributed by atoms with Gasteiger partial charge in [0.15, 0.2) is 11.6 Å². The first-order valence-corrected chi connectivity index (χ1v) is 10.6. The van der Waals surface area contributed by atoms with E-state index in [0.717, 1.165) is 0 Å². The lowest BCUT2D eigenvalue weighted by atomic mass is 9.87. The zero-order valence-electron chi connectivity index (χ0n) is 17.3. The first-order valence-electron chi connectivity index (χ1n) is 10.2. The average Bonchev–Trinajstić information content (AvgIpc) is 2.80. The van der Waals surface area contributed by atoms with E-state index in [-0.39, 0.29) is 5.75 Å². The largest absolute Gasteiger partial charge is 0.494 e.